The molecule has 15 heavy (non-hydrogen) atoms. The summed E-state index contributed by atoms with van der Waals surface area (Å²) in [7, 11) is 1.37. The van der Waals surface area contributed by atoms with Gasteiger partial charge in [0.1, 0.15) is 11.7 Å². The molecule has 0 fully saturated rings. The van der Waals surface area contributed by atoms with Gasteiger partial charge in [0.15, 0.2) is 5.13 Å². The Labute approximate surface area is 97.8 Å². The van der Waals surface area contributed by atoms with Gasteiger partial charge in [-0.15, -0.1) is 11.3 Å². The van der Waals surface area contributed by atoms with E-state index in [9.17, 15) is 4.79 Å². The molecule has 0 atom stereocenters. The number of carbonyl (C=O) groups is 1. The molecule has 0 N–H and O–H groups in total. The van der Waals surface area contributed by atoms with Crippen molar-refractivity contribution in [2.24, 2.45) is 0 Å². The van der Waals surface area contributed by atoms with Crippen LogP contribution < -0.4 is 4.90 Å². The quantitative estimate of drug-likeness (QED) is 0.766. The van der Waals surface area contributed by atoms with Crippen molar-refractivity contribution in [2.45, 2.75) is 19.9 Å². The first-order chi connectivity index (χ1) is 7.04. The standard InChI is InChI=1S/C9H13ClN2O2S/c1-6(2)12(4-8(13)14-3)9-11-7(10)5-15-9/h5-6H,4H2,1-3H3. The maximum absolute atomic E-state index is 11.2. The summed E-state index contributed by atoms with van der Waals surface area (Å²) >= 11 is 7.15. The van der Waals surface area contributed by atoms with Crippen molar-refractivity contribution in [1.82, 2.24) is 4.98 Å². The molecule has 0 aromatic carbocycles. The number of methoxy groups -OCH3 is 1. The van der Waals surface area contributed by atoms with Crippen LogP contribution in [0.25, 0.3) is 0 Å². The third-order valence-corrected chi connectivity index (χ3v) is 3.06. The Balaban J connectivity index is 2.79. The molecule has 0 aliphatic rings. The van der Waals surface area contributed by atoms with Crippen molar-refractivity contribution in [1.29, 1.82) is 0 Å². The fourth-order valence-corrected chi connectivity index (χ4v) is 2.13. The predicted molar refractivity (Wildman–Crippen MR) is 61.6 cm³/mol. The Hall–Kier alpha value is -0.810. The number of ether oxygens (including phenoxy) is 1. The van der Waals surface area contributed by atoms with Gasteiger partial charge >= 0.3 is 5.97 Å². The summed E-state index contributed by atoms with van der Waals surface area (Å²) in [6, 6.07) is 0.173. The molecule has 1 aromatic rings. The van der Waals surface area contributed by atoms with E-state index in [2.05, 4.69) is 9.72 Å². The highest BCUT2D eigenvalue weighted by Crippen LogP contribution is 2.24. The van der Waals surface area contributed by atoms with E-state index in [1.54, 1.807) is 5.38 Å². The lowest BCUT2D eigenvalue weighted by Crippen LogP contribution is -2.36. The minimum absolute atomic E-state index is 0.173. The molecule has 0 unspecified atom stereocenters. The molecule has 1 rings (SSSR count). The zero-order valence-electron chi connectivity index (χ0n) is 8.86. The molecule has 0 spiro atoms. The van der Waals surface area contributed by atoms with E-state index < -0.39 is 0 Å². The van der Waals surface area contributed by atoms with Crippen LogP contribution in [0.5, 0.6) is 0 Å². The van der Waals surface area contributed by atoms with Gasteiger partial charge in [-0.1, -0.05) is 11.6 Å². The van der Waals surface area contributed by atoms with Crippen LogP contribution in [-0.2, 0) is 9.53 Å². The normalized spacial score (nSPS) is 10.5. The number of hydrogen-bond acceptors (Lipinski definition) is 5. The number of halogens is 1. The summed E-state index contributed by atoms with van der Waals surface area (Å²) in [5.41, 5.74) is 0. The predicted octanol–water partition coefficient (Wildman–Crippen LogP) is 2.18. The number of anilines is 1. The number of esters is 1. The maximum Gasteiger partial charge on any atom is 0.325 e. The van der Waals surface area contributed by atoms with Gasteiger partial charge < -0.3 is 9.64 Å². The molecule has 4 nitrogen and oxygen atoms in total. The molecule has 0 bridgehead atoms. The van der Waals surface area contributed by atoms with Crippen LogP contribution in [0.4, 0.5) is 5.13 Å². The molecule has 0 saturated heterocycles. The molecule has 84 valence electrons. The Bertz CT molecular complexity index is 341. The lowest BCUT2D eigenvalue weighted by atomic mass is 10.3. The Morgan fingerprint density at radius 1 is 1.73 bits per heavy atom. The van der Waals surface area contributed by atoms with Crippen molar-refractivity contribution in [3.05, 3.63) is 10.5 Å². The van der Waals surface area contributed by atoms with E-state index in [0.717, 1.165) is 5.13 Å². The molecule has 0 saturated carbocycles. The second kappa shape index (κ2) is 5.32. The Morgan fingerprint density at radius 3 is 2.80 bits per heavy atom. The highest BCUT2D eigenvalue weighted by atomic mass is 35.5. The van der Waals surface area contributed by atoms with Gasteiger partial charge in [-0.3, -0.25) is 4.79 Å². The fraction of sp³-hybridized carbons (Fsp3) is 0.556. The monoisotopic (exact) mass is 248 g/mol. The van der Waals surface area contributed by atoms with E-state index in [-0.39, 0.29) is 18.6 Å². The molecule has 0 aliphatic heterocycles. The molecule has 1 heterocycles. The summed E-state index contributed by atoms with van der Waals surface area (Å²) < 4.78 is 4.62. The zero-order chi connectivity index (χ0) is 11.4. The van der Waals surface area contributed by atoms with Crippen LogP contribution in [0.3, 0.4) is 0 Å². The number of hydrogen-bond donors (Lipinski definition) is 0. The lowest BCUT2D eigenvalue weighted by Gasteiger charge is -2.24. The molecule has 0 amide bonds. The minimum atomic E-state index is -0.282. The van der Waals surface area contributed by atoms with Gasteiger partial charge in [0.25, 0.3) is 0 Å². The summed E-state index contributed by atoms with van der Waals surface area (Å²) in [6.07, 6.45) is 0. The van der Waals surface area contributed by atoms with E-state index in [4.69, 9.17) is 11.6 Å². The Morgan fingerprint density at radius 2 is 2.40 bits per heavy atom. The molecular formula is C9H13ClN2O2S. The topological polar surface area (TPSA) is 42.4 Å². The van der Waals surface area contributed by atoms with Crippen molar-refractivity contribution in [3.8, 4) is 0 Å². The zero-order valence-corrected chi connectivity index (χ0v) is 10.4. The largest absolute Gasteiger partial charge is 0.468 e. The highest BCUT2D eigenvalue weighted by molar-refractivity contribution is 7.14. The van der Waals surface area contributed by atoms with Gasteiger partial charge in [-0.2, -0.15) is 0 Å². The van der Waals surface area contributed by atoms with Crippen LogP contribution in [0.2, 0.25) is 5.15 Å². The first-order valence-electron chi connectivity index (χ1n) is 4.49. The van der Waals surface area contributed by atoms with E-state index in [0.29, 0.717) is 5.15 Å². The average Bonchev–Trinajstić information content (AvgIpc) is 2.60. The number of thiazole rings is 1. The maximum atomic E-state index is 11.2. The second-order valence-corrected chi connectivity index (χ2v) is 4.47. The molecule has 6 heteroatoms. The van der Waals surface area contributed by atoms with E-state index >= 15 is 0 Å². The van der Waals surface area contributed by atoms with Crippen LogP contribution >= 0.6 is 22.9 Å². The molecule has 0 aliphatic carbocycles. The van der Waals surface area contributed by atoms with Gasteiger partial charge in [0.2, 0.25) is 0 Å². The van der Waals surface area contributed by atoms with Gasteiger partial charge in [0, 0.05) is 11.4 Å². The first kappa shape index (κ1) is 12.3. The number of carbonyl (C=O) groups excluding carboxylic acids is 1. The summed E-state index contributed by atoms with van der Waals surface area (Å²) in [6.45, 7) is 4.16. The van der Waals surface area contributed by atoms with E-state index in [1.165, 1.54) is 18.4 Å². The third-order valence-electron chi connectivity index (χ3n) is 1.86. The first-order valence-corrected chi connectivity index (χ1v) is 5.75. The summed E-state index contributed by atoms with van der Waals surface area (Å²) in [5, 5.41) is 2.93. The van der Waals surface area contributed by atoms with Crippen molar-refractivity contribution in [3.63, 3.8) is 0 Å². The smallest absolute Gasteiger partial charge is 0.325 e. The van der Waals surface area contributed by atoms with Crippen LogP contribution in [0, 0.1) is 0 Å². The third kappa shape index (κ3) is 3.35. The SMILES string of the molecule is COC(=O)CN(c1nc(Cl)cs1)C(C)C. The van der Waals surface area contributed by atoms with Gasteiger partial charge in [0.05, 0.1) is 7.11 Å². The molecular weight excluding hydrogens is 236 g/mol. The van der Waals surface area contributed by atoms with Crippen molar-refractivity contribution < 1.29 is 9.53 Å². The number of nitrogens with zero attached hydrogens (tertiary/aromatic N) is 2. The summed E-state index contributed by atoms with van der Waals surface area (Å²) in [4.78, 5) is 17.2. The van der Waals surface area contributed by atoms with E-state index in [1.807, 2.05) is 18.7 Å². The minimum Gasteiger partial charge on any atom is -0.468 e. The van der Waals surface area contributed by atoms with Crippen molar-refractivity contribution in [2.75, 3.05) is 18.6 Å². The van der Waals surface area contributed by atoms with Crippen molar-refractivity contribution >= 4 is 34.0 Å². The van der Waals surface area contributed by atoms with Crippen LogP contribution in [-0.4, -0.2) is 30.6 Å². The summed E-state index contributed by atoms with van der Waals surface area (Å²) in [5.74, 6) is -0.282. The molecule has 0 radical (unpaired) electrons. The number of aromatic nitrogens is 1. The second-order valence-electron chi connectivity index (χ2n) is 3.25. The fourth-order valence-electron chi connectivity index (χ4n) is 1.05. The van der Waals surface area contributed by atoms with Gasteiger partial charge in [-0.05, 0) is 13.8 Å². The Kier molecular flexibility index (Phi) is 4.35. The van der Waals surface area contributed by atoms with Gasteiger partial charge in [-0.25, -0.2) is 4.98 Å². The van der Waals surface area contributed by atoms with Crippen LogP contribution in [0.1, 0.15) is 13.8 Å². The highest BCUT2D eigenvalue weighted by Gasteiger charge is 2.17. The number of rotatable bonds is 4. The lowest BCUT2D eigenvalue weighted by molar-refractivity contribution is -0.139. The average molecular weight is 249 g/mol. The van der Waals surface area contributed by atoms with Crippen LogP contribution in [0.15, 0.2) is 5.38 Å². The molecule has 1 aromatic heterocycles.